The van der Waals surface area contributed by atoms with E-state index >= 15 is 0 Å². The first-order valence-corrected chi connectivity index (χ1v) is 7.31. The van der Waals surface area contributed by atoms with Crippen molar-refractivity contribution >= 4 is 11.7 Å². The molecule has 23 heavy (non-hydrogen) atoms. The molecule has 0 aliphatic carbocycles. The predicted molar refractivity (Wildman–Crippen MR) is 89.4 cm³/mol. The quantitative estimate of drug-likeness (QED) is 0.819. The third kappa shape index (κ3) is 4.35. The van der Waals surface area contributed by atoms with E-state index in [4.69, 9.17) is 9.47 Å². The van der Waals surface area contributed by atoms with Crippen LogP contribution in [0.2, 0.25) is 0 Å². The Balaban J connectivity index is 1.92. The third-order valence-electron chi connectivity index (χ3n) is 3.43. The number of hydrogen-bond acceptors (Lipinski definition) is 5. The Labute approximate surface area is 135 Å². The summed E-state index contributed by atoms with van der Waals surface area (Å²) in [5.41, 5.74) is 1.64. The highest BCUT2D eigenvalue weighted by Gasteiger charge is 2.07. The van der Waals surface area contributed by atoms with E-state index < -0.39 is 0 Å². The van der Waals surface area contributed by atoms with Crippen LogP contribution in [-0.2, 0) is 6.42 Å². The van der Waals surface area contributed by atoms with Crippen molar-refractivity contribution in [2.24, 2.45) is 0 Å². The van der Waals surface area contributed by atoms with Crippen molar-refractivity contribution in [1.29, 1.82) is 0 Å². The lowest BCUT2D eigenvalue weighted by atomic mass is 10.1. The van der Waals surface area contributed by atoms with Crippen molar-refractivity contribution in [3.05, 3.63) is 47.7 Å². The lowest BCUT2D eigenvalue weighted by Gasteiger charge is -2.10. The molecule has 2 N–H and O–H groups in total. The summed E-state index contributed by atoms with van der Waals surface area (Å²) in [6.45, 7) is 0.533. The third-order valence-corrected chi connectivity index (χ3v) is 3.43. The molecule has 122 valence electrons. The second kappa shape index (κ2) is 8.03. The van der Waals surface area contributed by atoms with E-state index in [0.29, 0.717) is 35.8 Å². The molecule has 6 nitrogen and oxygen atoms in total. The fourth-order valence-corrected chi connectivity index (χ4v) is 2.17. The van der Waals surface area contributed by atoms with E-state index in [1.807, 2.05) is 18.2 Å². The van der Waals surface area contributed by atoms with E-state index in [0.717, 1.165) is 5.56 Å². The number of carbonyl (C=O) groups is 1. The minimum atomic E-state index is -0.121. The van der Waals surface area contributed by atoms with Crippen LogP contribution in [0.5, 0.6) is 11.5 Å². The lowest BCUT2D eigenvalue weighted by Crippen LogP contribution is -2.25. The van der Waals surface area contributed by atoms with E-state index in [2.05, 4.69) is 15.6 Å². The van der Waals surface area contributed by atoms with E-state index in [-0.39, 0.29) is 5.91 Å². The smallest absolute Gasteiger partial charge is 0.251 e. The minimum Gasteiger partial charge on any atom is -0.493 e. The summed E-state index contributed by atoms with van der Waals surface area (Å²) >= 11 is 0. The average molecular weight is 315 g/mol. The molecule has 0 aliphatic rings. The molecule has 0 bridgehead atoms. The summed E-state index contributed by atoms with van der Waals surface area (Å²) in [4.78, 5) is 16.2. The number of rotatable bonds is 7. The highest BCUT2D eigenvalue weighted by molar-refractivity contribution is 5.94. The summed E-state index contributed by atoms with van der Waals surface area (Å²) < 4.78 is 10.5. The van der Waals surface area contributed by atoms with Gasteiger partial charge in [0.2, 0.25) is 0 Å². The zero-order valence-electron chi connectivity index (χ0n) is 13.6. The molecular formula is C17H21N3O3. The topological polar surface area (TPSA) is 72.5 Å². The summed E-state index contributed by atoms with van der Waals surface area (Å²) in [6, 6.07) is 9.13. The Hall–Kier alpha value is -2.76. The van der Waals surface area contributed by atoms with Crippen molar-refractivity contribution in [1.82, 2.24) is 10.3 Å². The fourth-order valence-electron chi connectivity index (χ4n) is 2.17. The van der Waals surface area contributed by atoms with Crippen LogP contribution in [0.1, 0.15) is 15.9 Å². The summed E-state index contributed by atoms with van der Waals surface area (Å²) in [5.74, 6) is 1.92. The molecule has 1 aromatic heterocycles. The maximum atomic E-state index is 12.1. The Morgan fingerprint density at radius 2 is 1.91 bits per heavy atom. The highest BCUT2D eigenvalue weighted by atomic mass is 16.5. The fraction of sp³-hybridized carbons (Fsp3) is 0.294. The van der Waals surface area contributed by atoms with Crippen molar-refractivity contribution in [3.63, 3.8) is 0 Å². The monoisotopic (exact) mass is 315 g/mol. The van der Waals surface area contributed by atoms with Gasteiger partial charge in [-0.3, -0.25) is 4.79 Å². The standard InChI is InChI=1S/C17H21N3O3/c1-18-16-11-13(7-9-19-16)17(21)20-8-6-12-4-5-14(22-2)15(10-12)23-3/h4-5,7,9-11H,6,8H2,1-3H3,(H,18,19)(H,20,21). The first-order chi connectivity index (χ1) is 11.2. The van der Waals surface area contributed by atoms with E-state index in [9.17, 15) is 4.79 Å². The van der Waals surface area contributed by atoms with Crippen molar-refractivity contribution in [2.45, 2.75) is 6.42 Å². The molecular weight excluding hydrogens is 294 g/mol. The second-order valence-electron chi connectivity index (χ2n) is 4.87. The lowest BCUT2D eigenvalue weighted by molar-refractivity contribution is 0.0954. The highest BCUT2D eigenvalue weighted by Crippen LogP contribution is 2.27. The Morgan fingerprint density at radius 3 is 2.61 bits per heavy atom. The predicted octanol–water partition coefficient (Wildman–Crippen LogP) is 2.11. The molecule has 2 aromatic rings. The van der Waals surface area contributed by atoms with Gasteiger partial charge in [0.25, 0.3) is 5.91 Å². The number of carbonyl (C=O) groups excluding carboxylic acids is 1. The number of anilines is 1. The molecule has 0 unspecified atom stereocenters. The van der Waals surface area contributed by atoms with Crippen molar-refractivity contribution in [3.8, 4) is 11.5 Å². The van der Waals surface area contributed by atoms with Crippen LogP contribution in [-0.4, -0.2) is 38.7 Å². The molecule has 1 aromatic carbocycles. The molecule has 0 aliphatic heterocycles. The van der Waals surface area contributed by atoms with Gasteiger partial charge in [0.05, 0.1) is 14.2 Å². The molecule has 0 saturated heterocycles. The van der Waals surface area contributed by atoms with Gasteiger partial charge in [0.15, 0.2) is 11.5 Å². The maximum Gasteiger partial charge on any atom is 0.251 e. The number of methoxy groups -OCH3 is 2. The van der Waals surface area contributed by atoms with Crippen LogP contribution in [0.15, 0.2) is 36.5 Å². The normalized spacial score (nSPS) is 10.0. The molecule has 0 saturated carbocycles. The van der Waals surface area contributed by atoms with Crippen LogP contribution in [0.3, 0.4) is 0 Å². The molecule has 6 heteroatoms. The Kier molecular flexibility index (Phi) is 5.80. The first-order valence-electron chi connectivity index (χ1n) is 7.31. The van der Waals surface area contributed by atoms with Crippen LogP contribution >= 0.6 is 0 Å². The van der Waals surface area contributed by atoms with E-state index in [1.165, 1.54) is 0 Å². The zero-order chi connectivity index (χ0) is 16.7. The number of aromatic nitrogens is 1. The molecule has 0 radical (unpaired) electrons. The number of nitrogens with zero attached hydrogens (tertiary/aromatic N) is 1. The Bertz CT molecular complexity index is 674. The van der Waals surface area contributed by atoms with Crippen molar-refractivity contribution in [2.75, 3.05) is 33.1 Å². The number of amides is 1. The average Bonchev–Trinajstić information content (AvgIpc) is 2.61. The molecule has 1 heterocycles. The molecule has 2 rings (SSSR count). The zero-order valence-corrected chi connectivity index (χ0v) is 13.6. The van der Waals surface area contributed by atoms with Gasteiger partial charge < -0.3 is 20.1 Å². The van der Waals surface area contributed by atoms with Gasteiger partial charge in [-0.25, -0.2) is 4.98 Å². The molecule has 0 spiro atoms. The van der Waals surface area contributed by atoms with Crippen LogP contribution in [0, 0.1) is 0 Å². The number of ether oxygens (including phenoxy) is 2. The number of benzene rings is 1. The van der Waals surface area contributed by atoms with Crippen molar-refractivity contribution < 1.29 is 14.3 Å². The van der Waals surface area contributed by atoms with Crippen LogP contribution in [0.25, 0.3) is 0 Å². The molecule has 0 atom stereocenters. The maximum absolute atomic E-state index is 12.1. The summed E-state index contributed by atoms with van der Waals surface area (Å²) in [7, 11) is 4.97. The summed E-state index contributed by atoms with van der Waals surface area (Å²) in [5, 5.41) is 5.81. The molecule has 1 amide bonds. The second-order valence-corrected chi connectivity index (χ2v) is 4.87. The van der Waals surface area contributed by atoms with Gasteiger partial charge in [-0.1, -0.05) is 6.07 Å². The van der Waals surface area contributed by atoms with Crippen LogP contribution < -0.4 is 20.1 Å². The summed E-state index contributed by atoms with van der Waals surface area (Å²) in [6.07, 6.45) is 2.31. The SMILES string of the molecule is CNc1cc(C(=O)NCCc2ccc(OC)c(OC)c2)ccn1. The Morgan fingerprint density at radius 1 is 1.13 bits per heavy atom. The van der Waals surface area contributed by atoms with Gasteiger partial charge in [-0.05, 0) is 36.2 Å². The van der Waals surface area contributed by atoms with Crippen LogP contribution in [0.4, 0.5) is 5.82 Å². The van der Waals surface area contributed by atoms with Gasteiger partial charge in [0, 0.05) is 25.4 Å². The van der Waals surface area contributed by atoms with Gasteiger partial charge in [0.1, 0.15) is 5.82 Å². The number of hydrogen-bond donors (Lipinski definition) is 2. The van der Waals surface area contributed by atoms with Gasteiger partial charge in [-0.2, -0.15) is 0 Å². The molecule has 0 fully saturated rings. The largest absolute Gasteiger partial charge is 0.493 e. The first kappa shape index (κ1) is 16.6. The van der Waals surface area contributed by atoms with E-state index in [1.54, 1.807) is 39.6 Å². The van der Waals surface area contributed by atoms with Gasteiger partial charge >= 0.3 is 0 Å². The number of pyridine rings is 1. The number of nitrogens with one attached hydrogen (secondary N) is 2. The minimum absolute atomic E-state index is 0.121. The van der Waals surface area contributed by atoms with Gasteiger partial charge in [-0.15, -0.1) is 0 Å².